The average molecular weight is 809 g/mol. The van der Waals surface area contributed by atoms with Gasteiger partial charge in [0.2, 0.25) is 0 Å². The van der Waals surface area contributed by atoms with Crippen molar-refractivity contribution in [1.82, 2.24) is 19.9 Å². The summed E-state index contributed by atoms with van der Waals surface area (Å²) in [6, 6.07) is 2.28. The van der Waals surface area contributed by atoms with Gasteiger partial charge in [0.15, 0.2) is 5.82 Å². The Bertz CT molecular complexity index is 2420. The lowest BCUT2D eigenvalue weighted by Gasteiger charge is -2.32. The standard InChI is InChI=1S/C36H32F8N8O3S/c1-14(18-11-16(35(39,40)41)13-48-31(18)46)52-9-10-54-29-24-27(49-34(50-33(24)52)55-15(2)28-21(53-4)7-8-51(28)3)26(38)23(25(29)36(42,43)44)17-5-6-20(37)30-22(17)19(12-45)32(47)56-30/h5-6,11,13-15,21,28H,7-10,47H2,1-4H3,(H2,46,48)/t14-,15+,21+,28+/m1/s1. The van der Waals surface area contributed by atoms with Crippen LogP contribution in [0.1, 0.15) is 48.6 Å². The van der Waals surface area contributed by atoms with Crippen LogP contribution < -0.4 is 25.8 Å². The van der Waals surface area contributed by atoms with Crippen molar-refractivity contribution >= 4 is 49.0 Å². The number of hydrogen-bond acceptors (Lipinski definition) is 12. The molecule has 1 fully saturated rings. The Morgan fingerprint density at radius 3 is 2.45 bits per heavy atom. The number of anilines is 3. The SMILES string of the molecule is CO[C@H]1CCN(C)[C@H]1[C@H](C)Oc1nc2c3c(c(C(F)(F)F)c(-c4ccc(F)c5sc(N)c(C#N)c45)c(F)c3n1)OCCN2[C@H](C)c1cc(C(F)(F)F)cnc1N. The van der Waals surface area contributed by atoms with E-state index < -0.39 is 87.7 Å². The zero-order chi connectivity index (χ0) is 40.6. The van der Waals surface area contributed by atoms with Crippen LogP contribution in [0.3, 0.4) is 0 Å². The van der Waals surface area contributed by atoms with Crippen molar-refractivity contribution in [3.8, 4) is 29.0 Å². The molecule has 2 aromatic carbocycles. The van der Waals surface area contributed by atoms with Crippen LogP contribution in [0.5, 0.6) is 11.8 Å². The molecule has 0 unspecified atom stereocenters. The molecule has 4 atom stereocenters. The fourth-order valence-electron chi connectivity index (χ4n) is 7.67. The highest BCUT2D eigenvalue weighted by Crippen LogP contribution is 2.54. The summed E-state index contributed by atoms with van der Waals surface area (Å²) in [7, 11) is 3.36. The maximum Gasteiger partial charge on any atom is 0.420 e. The van der Waals surface area contributed by atoms with Crippen LogP contribution in [-0.2, 0) is 17.1 Å². The molecular weight excluding hydrogens is 776 g/mol. The summed E-state index contributed by atoms with van der Waals surface area (Å²) < 4.78 is 138. The van der Waals surface area contributed by atoms with E-state index in [1.165, 1.54) is 18.9 Å². The van der Waals surface area contributed by atoms with Crippen LogP contribution in [0, 0.1) is 23.0 Å². The van der Waals surface area contributed by atoms with Crippen LogP contribution in [-0.4, -0.2) is 72.0 Å². The van der Waals surface area contributed by atoms with E-state index in [1.807, 2.05) is 11.9 Å². The predicted molar refractivity (Wildman–Crippen MR) is 191 cm³/mol. The van der Waals surface area contributed by atoms with Gasteiger partial charge in [0.05, 0.1) is 45.9 Å². The molecular formula is C36H32F8N8O3S. The smallest absolute Gasteiger partial charge is 0.420 e. The first kappa shape index (κ1) is 39.0. The third-order valence-electron chi connectivity index (χ3n) is 10.3. The molecule has 0 amide bonds. The number of hydrogen-bond donors (Lipinski definition) is 2. The largest absolute Gasteiger partial charge is 0.490 e. The Balaban J connectivity index is 1.55. The molecule has 4 N–H and O–H groups in total. The number of rotatable bonds is 7. The first-order valence-electron chi connectivity index (χ1n) is 17.0. The van der Waals surface area contributed by atoms with Gasteiger partial charge in [-0.2, -0.15) is 41.6 Å². The van der Waals surface area contributed by atoms with Gasteiger partial charge in [-0.15, -0.1) is 11.3 Å². The molecule has 0 saturated carbocycles. The topological polar surface area (TPSA) is 149 Å². The number of thiophene rings is 1. The van der Waals surface area contributed by atoms with Gasteiger partial charge in [-0.25, -0.2) is 13.8 Å². The highest BCUT2D eigenvalue weighted by atomic mass is 32.1. The summed E-state index contributed by atoms with van der Waals surface area (Å²) in [6.07, 6.45) is -10.0. The van der Waals surface area contributed by atoms with Gasteiger partial charge < -0.3 is 30.6 Å². The minimum Gasteiger partial charge on any atom is -0.490 e. The molecule has 2 aliphatic heterocycles. The maximum absolute atomic E-state index is 17.5. The highest BCUT2D eigenvalue weighted by Gasteiger charge is 2.45. The molecule has 5 aromatic rings. The van der Waals surface area contributed by atoms with Crippen molar-refractivity contribution in [3.05, 3.63) is 58.3 Å². The number of benzene rings is 2. The molecule has 20 heteroatoms. The third-order valence-corrected chi connectivity index (χ3v) is 11.3. The van der Waals surface area contributed by atoms with Gasteiger partial charge in [0.25, 0.3) is 0 Å². The van der Waals surface area contributed by atoms with Crippen LogP contribution in [0.4, 0.5) is 51.8 Å². The summed E-state index contributed by atoms with van der Waals surface area (Å²) in [5, 5.41) is 8.80. The number of nitrogen functional groups attached to an aromatic ring is 2. The number of fused-ring (bicyclic) bond motifs is 1. The Morgan fingerprint density at radius 1 is 1.05 bits per heavy atom. The molecule has 296 valence electrons. The monoisotopic (exact) mass is 808 g/mol. The number of pyridine rings is 1. The number of likely N-dealkylation sites (N-methyl/N-ethyl adjacent to an activating group) is 1. The van der Waals surface area contributed by atoms with E-state index in [1.54, 1.807) is 13.0 Å². The second-order valence-electron chi connectivity index (χ2n) is 13.5. The van der Waals surface area contributed by atoms with Crippen molar-refractivity contribution in [1.29, 1.82) is 5.26 Å². The lowest BCUT2D eigenvalue weighted by atomic mass is 9.91. The highest BCUT2D eigenvalue weighted by molar-refractivity contribution is 7.23. The van der Waals surface area contributed by atoms with E-state index in [0.717, 1.165) is 18.2 Å². The summed E-state index contributed by atoms with van der Waals surface area (Å²) >= 11 is 0.610. The normalized spacial score (nSPS) is 18.9. The second-order valence-corrected chi connectivity index (χ2v) is 14.5. The van der Waals surface area contributed by atoms with E-state index in [-0.39, 0.29) is 56.5 Å². The molecule has 0 aliphatic carbocycles. The lowest BCUT2D eigenvalue weighted by molar-refractivity contribution is -0.139. The number of methoxy groups -OCH3 is 1. The van der Waals surface area contributed by atoms with E-state index >= 15 is 22.0 Å². The van der Waals surface area contributed by atoms with Crippen molar-refractivity contribution in [2.24, 2.45) is 0 Å². The number of halogens is 8. The first-order valence-corrected chi connectivity index (χ1v) is 17.9. The summed E-state index contributed by atoms with van der Waals surface area (Å²) in [4.78, 5) is 15.8. The third kappa shape index (κ3) is 6.40. The molecule has 11 nitrogen and oxygen atoms in total. The maximum atomic E-state index is 17.5. The van der Waals surface area contributed by atoms with Crippen LogP contribution in [0.25, 0.3) is 32.1 Å². The van der Waals surface area contributed by atoms with E-state index in [2.05, 4.69) is 15.0 Å². The van der Waals surface area contributed by atoms with Gasteiger partial charge in [-0.05, 0) is 45.0 Å². The van der Waals surface area contributed by atoms with E-state index in [9.17, 15) is 18.4 Å². The molecule has 2 aliphatic rings. The summed E-state index contributed by atoms with van der Waals surface area (Å²) in [6.45, 7) is 2.95. The van der Waals surface area contributed by atoms with Gasteiger partial charge in [0.1, 0.15) is 58.1 Å². The first-order chi connectivity index (χ1) is 26.4. The van der Waals surface area contributed by atoms with E-state index in [4.69, 9.17) is 25.7 Å². The minimum atomic E-state index is -5.35. The zero-order valence-electron chi connectivity index (χ0n) is 29.9. The summed E-state index contributed by atoms with van der Waals surface area (Å²) in [5.74, 6) is -4.03. The lowest BCUT2D eigenvalue weighted by Crippen LogP contribution is -2.45. The molecule has 56 heavy (non-hydrogen) atoms. The number of nitrogens with two attached hydrogens (primary N) is 2. The Morgan fingerprint density at radius 2 is 1.79 bits per heavy atom. The number of ether oxygens (including phenoxy) is 3. The Kier molecular flexibility index (Phi) is 9.78. The van der Waals surface area contributed by atoms with Crippen molar-refractivity contribution in [2.75, 3.05) is 50.2 Å². The number of alkyl halides is 6. The van der Waals surface area contributed by atoms with E-state index in [0.29, 0.717) is 30.5 Å². The quantitative estimate of drug-likeness (QED) is 0.156. The number of likely N-dealkylation sites (tertiary alicyclic amines) is 1. The van der Waals surface area contributed by atoms with Gasteiger partial charge in [0, 0.05) is 36.4 Å². The Hall–Kier alpha value is -5.26. The van der Waals surface area contributed by atoms with Crippen LogP contribution in [0.15, 0.2) is 24.4 Å². The predicted octanol–water partition coefficient (Wildman–Crippen LogP) is 7.70. The fourth-order valence-corrected chi connectivity index (χ4v) is 8.62. The molecule has 5 heterocycles. The fraction of sp³-hybridized carbons (Fsp3) is 0.389. The van der Waals surface area contributed by atoms with Crippen molar-refractivity contribution in [2.45, 2.75) is 56.9 Å². The number of aromatic nitrogens is 3. The molecule has 1 saturated heterocycles. The van der Waals surface area contributed by atoms with Crippen molar-refractivity contribution in [3.63, 3.8) is 0 Å². The van der Waals surface area contributed by atoms with Gasteiger partial charge in [-0.3, -0.25) is 4.90 Å². The Labute approximate surface area is 317 Å². The molecule has 0 bridgehead atoms. The van der Waals surface area contributed by atoms with Crippen molar-refractivity contribution < 1.29 is 49.3 Å². The zero-order valence-corrected chi connectivity index (χ0v) is 30.8. The molecule has 0 radical (unpaired) electrons. The number of nitriles is 1. The molecule has 7 rings (SSSR count). The van der Waals surface area contributed by atoms with Gasteiger partial charge >= 0.3 is 18.4 Å². The van der Waals surface area contributed by atoms with Crippen LogP contribution >= 0.6 is 11.3 Å². The minimum absolute atomic E-state index is 0.151. The average Bonchev–Trinajstić information content (AvgIpc) is 3.62. The van der Waals surface area contributed by atoms with Crippen LogP contribution in [0.2, 0.25) is 0 Å². The number of nitrogens with zero attached hydrogens (tertiary/aromatic N) is 6. The molecule has 0 spiro atoms. The van der Waals surface area contributed by atoms with Gasteiger partial charge in [-0.1, -0.05) is 6.07 Å². The summed E-state index contributed by atoms with van der Waals surface area (Å²) in [5.41, 5.74) is 6.45. The second kappa shape index (κ2) is 14.0. The molecule has 3 aromatic heterocycles.